The maximum atomic E-state index is 13.2. The number of hydrogen-bond donors (Lipinski definition) is 0. The Morgan fingerprint density at radius 1 is 0.909 bits per heavy atom. The lowest BCUT2D eigenvalue weighted by molar-refractivity contribution is -0.137. The van der Waals surface area contributed by atoms with Gasteiger partial charge in [0.25, 0.3) is 0 Å². The molecule has 2 aromatic heterocycles. The summed E-state index contributed by atoms with van der Waals surface area (Å²) in [6.07, 6.45) is -2.75. The molecule has 2 heterocycles. The number of aromatic nitrogens is 3. The van der Waals surface area contributed by atoms with Crippen LogP contribution in [0.3, 0.4) is 0 Å². The fraction of sp³-hybridized carbons (Fsp3) is 0.120. The molecule has 4 nitrogen and oxygen atoms in total. The van der Waals surface area contributed by atoms with Crippen molar-refractivity contribution >= 4 is 22.8 Å². The Balaban J connectivity index is 1.46. The summed E-state index contributed by atoms with van der Waals surface area (Å²) < 4.78 is 47.5. The summed E-state index contributed by atoms with van der Waals surface area (Å²) in [7, 11) is 0. The predicted octanol–water partition coefficient (Wildman–Crippen LogP) is 7.05. The van der Waals surface area contributed by atoms with Gasteiger partial charge in [-0.15, -0.1) is 0 Å². The van der Waals surface area contributed by atoms with Gasteiger partial charge in [-0.05, 0) is 23.8 Å². The molecule has 0 aliphatic carbocycles. The fourth-order valence-electron chi connectivity index (χ4n) is 3.55. The van der Waals surface area contributed by atoms with E-state index in [1.165, 1.54) is 17.8 Å². The second kappa shape index (κ2) is 8.78. The molecule has 8 heteroatoms. The van der Waals surface area contributed by atoms with Gasteiger partial charge < -0.3 is 8.98 Å². The number of alkyl halides is 3. The number of thioether (sulfide) groups is 1. The van der Waals surface area contributed by atoms with Crippen LogP contribution in [0.5, 0.6) is 0 Å². The number of fused-ring (bicyclic) bond motifs is 1. The molecule has 0 bridgehead atoms. The summed E-state index contributed by atoms with van der Waals surface area (Å²) in [6.45, 7) is 0.492. The zero-order chi connectivity index (χ0) is 22.8. The van der Waals surface area contributed by atoms with E-state index in [-0.39, 0.29) is 0 Å². The van der Waals surface area contributed by atoms with Gasteiger partial charge in [-0.2, -0.15) is 13.2 Å². The summed E-state index contributed by atoms with van der Waals surface area (Å²) in [5, 5.41) is 0.604. The fourth-order valence-corrected chi connectivity index (χ4v) is 4.42. The van der Waals surface area contributed by atoms with Gasteiger partial charge >= 0.3 is 6.18 Å². The Bertz CT molecular complexity index is 1380. The van der Waals surface area contributed by atoms with Crippen LogP contribution in [-0.2, 0) is 18.5 Å². The first-order valence-electron chi connectivity index (χ1n) is 10.2. The van der Waals surface area contributed by atoms with Crippen molar-refractivity contribution in [1.29, 1.82) is 0 Å². The molecule has 0 unspecified atom stereocenters. The van der Waals surface area contributed by atoms with E-state index in [0.717, 1.165) is 23.3 Å². The standard InChI is InChI=1S/C25H18F3N3OS/c26-25(27,28)19-11-12-21-20(13-19)30-24(31(21)15-17-7-3-1-4-8-17)33-16-23-29-14-22(32-23)18-9-5-2-6-10-18/h1-14H,15-16H2. The average molecular weight is 466 g/mol. The number of hydrogen-bond acceptors (Lipinski definition) is 4. The minimum Gasteiger partial charge on any atom is -0.440 e. The maximum Gasteiger partial charge on any atom is 0.416 e. The van der Waals surface area contributed by atoms with E-state index in [9.17, 15) is 13.2 Å². The third-order valence-electron chi connectivity index (χ3n) is 5.16. The van der Waals surface area contributed by atoms with Crippen molar-refractivity contribution < 1.29 is 17.6 Å². The third kappa shape index (κ3) is 4.66. The van der Waals surface area contributed by atoms with Crippen molar-refractivity contribution in [3.05, 3.63) is 102 Å². The molecule has 0 aliphatic heterocycles. The van der Waals surface area contributed by atoms with Crippen molar-refractivity contribution in [1.82, 2.24) is 14.5 Å². The molecular formula is C25H18F3N3OS. The lowest BCUT2D eigenvalue weighted by Gasteiger charge is -2.09. The average Bonchev–Trinajstić information content (AvgIpc) is 3.43. The Hall–Kier alpha value is -3.52. The van der Waals surface area contributed by atoms with Crippen molar-refractivity contribution in [2.45, 2.75) is 23.6 Å². The van der Waals surface area contributed by atoms with Gasteiger partial charge in [0.15, 0.2) is 10.9 Å². The highest BCUT2D eigenvalue weighted by atomic mass is 32.2. The molecule has 3 aromatic carbocycles. The Morgan fingerprint density at radius 3 is 2.36 bits per heavy atom. The molecule has 33 heavy (non-hydrogen) atoms. The van der Waals surface area contributed by atoms with Gasteiger partial charge in [-0.25, -0.2) is 9.97 Å². The molecule has 0 aliphatic rings. The number of oxazole rings is 1. The molecule has 0 radical (unpaired) electrons. The summed E-state index contributed by atoms with van der Waals surface area (Å²) >= 11 is 1.38. The van der Waals surface area contributed by atoms with E-state index in [1.54, 1.807) is 6.20 Å². The SMILES string of the molecule is FC(F)(F)c1ccc2c(c1)nc(SCc1ncc(-c3ccccc3)o1)n2Cc1ccccc1. The first-order valence-corrected chi connectivity index (χ1v) is 11.2. The molecule has 0 saturated heterocycles. The van der Waals surface area contributed by atoms with E-state index < -0.39 is 11.7 Å². The van der Waals surface area contributed by atoms with E-state index in [0.29, 0.717) is 40.1 Å². The lowest BCUT2D eigenvalue weighted by atomic mass is 10.2. The molecule has 0 amide bonds. The minimum absolute atomic E-state index is 0.306. The number of rotatable bonds is 6. The second-order valence-corrected chi connectivity index (χ2v) is 8.38. The van der Waals surface area contributed by atoms with Gasteiger partial charge in [-0.3, -0.25) is 0 Å². The van der Waals surface area contributed by atoms with Crippen LogP contribution in [-0.4, -0.2) is 14.5 Å². The van der Waals surface area contributed by atoms with Gasteiger partial charge in [0.2, 0.25) is 5.89 Å². The summed E-state index contributed by atoms with van der Waals surface area (Å²) in [4.78, 5) is 8.87. The van der Waals surface area contributed by atoms with Crippen LogP contribution in [0.1, 0.15) is 17.0 Å². The zero-order valence-electron chi connectivity index (χ0n) is 17.3. The summed E-state index contributed by atoms with van der Waals surface area (Å²) in [5.41, 5.74) is 2.20. The Labute approximate surface area is 192 Å². The van der Waals surface area contributed by atoms with Crippen LogP contribution in [0.15, 0.2) is 94.6 Å². The van der Waals surface area contributed by atoms with Gasteiger partial charge in [0, 0.05) is 5.56 Å². The van der Waals surface area contributed by atoms with Crippen molar-refractivity contribution in [3.63, 3.8) is 0 Å². The number of nitrogens with zero attached hydrogens (tertiary/aromatic N) is 3. The molecule has 0 saturated carbocycles. The van der Waals surface area contributed by atoms with Crippen LogP contribution in [0.25, 0.3) is 22.4 Å². The third-order valence-corrected chi connectivity index (χ3v) is 6.12. The molecule has 0 atom stereocenters. The highest BCUT2D eigenvalue weighted by molar-refractivity contribution is 7.98. The smallest absolute Gasteiger partial charge is 0.416 e. The molecule has 0 fully saturated rings. The molecule has 166 valence electrons. The molecule has 0 spiro atoms. The summed E-state index contributed by atoms with van der Waals surface area (Å²) in [5.74, 6) is 1.59. The predicted molar refractivity (Wildman–Crippen MR) is 122 cm³/mol. The van der Waals surface area contributed by atoms with Crippen molar-refractivity contribution in [2.75, 3.05) is 0 Å². The lowest BCUT2D eigenvalue weighted by Crippen LogP contribution is -2.05. The normalized spacial score (nSPS) is 11.8. The van der Waals surface area contributed by atoms with Gasteiger partial charge in [0.05, 0.1) is 35.1 Å². The van der Waals surface area contributed by atoms with Crippen LogP contribution in [0.2, 0.25) is 0 Å². The quantitative estimate of drug-likeness (QED) is 0.252. The van der Waals surface area contributed by atoms with Crippen molar-refractivity contribution in [2.24, 2.45) is 0 Å². The van der Waals surface area contributed by atoms with E-state index in [4.69, 9.17) is 4.42 Å². The topological polar surface area (TPSA) is 43.9 Å². The maximum absolute atomic E-state index is 13.2. The number of imidazole rings is 1. The van der Waals surface area contributed by atoms with E-state index >= 15 is 0 Å². The molecule has 5 rings (SSSR count). The second-order valence-electron chi connectivity index (χ2n) is 7.44. The first-order chi connectivity index (χ1) is 16.0. The van der Waals surface area contributed by atoms with Crippen molar-refractivity contribution in [3.8, 4) is 11.3 Å². The van der Waals surface area contributed by atoms with Crippen LogP contribution in [0.4, 0.5) is 13.2 Å². The zero-order valence-corrected chi connectivity index (χ0v) is 18.1. The number of benzene rings is 3. The number of halogens is 3. The van der Waals surface area contributed by atoms with Crippen LogP contribution < -0.4 is 0 Å². The minimum atomic E-state index is -4.42. The van der Waals surface area contributed by atoms with E-state index in [1.807, 2.05) is 65.2 Å². The largest absolute Gasteiger partial charge is 0.440 e. The van der Waals surface area contributed by atoms with E-state index in [2.05, 4.69) is 9.97 Å². The monoisotopic (exact) mass is 465 g/mol. The molecule has 0 N–H and O–H groups in total. The molecule has 5 aromatic rings. The highest BCUT2D eigenvalue weighted by Crippen LogP contribution is 2.34. The Morgan fingerprint density at radius 2 is 1.64 bits per heavy atom. The van der Waals surface area contributed by atoms with Gasteiger partial charge in [-0.1, -0.05) is 72.4 Å². The molecular weight excluding hydrogens is 447 g/mol. The first kappa shape index (κ1) is 21.3. The van der Waals surface area contributed by atoms with Crippen LogP contribution in [0, 0.1) is 0 Å². The van der Waals surface area contributed by atoms with Crippen LogP contribution >= 0.6 is 11.8 Å². The Kier molecular flexibility index (Phi) is 5.68. The summed E-state index contributed by atoms with van der Waals surface area (Å²) in [6, 6.07) is 23.1. The highest BCUT2D eigenvalue weighted by Gasteiger charge is 2.31. The van der Waals surface area contributed by atoms with Gasteiger partial charge in [0.1, 0.15) is 0 Å².